The summed E-state index contributed by atoms with van der Waals surface area (Å²) in [5, 5.41) is 3.48. The highest BCUT2D eigenvalue weighted by atomic mass is 15.2. The van der Waals surface area contributed by atoms with Crippen LogP contribution >= 0.6 is 0 Å². The molecule has 1 aliphatic carbocycles. The van der Waals surface area contributed by atoms with Crippen LogP contribution in [0.2, 0.25) is 0 Å². The second-order valence-corrected chi connectivity index (χ2v) is 6.98. The topological polar surface area (TPSA) is 28.2 Å². The Bertz CT molecular complexity index is 405. The zero-order valence-electron chi connectivity index (χ0n) is 12.9. The molecule has 3 heteroatoms. The normalized spacial score (nSPS) is 22.4. The molecular weight excluding hydrogens is 234 g/mol. The summed E-state index contributed by atoms with van der Waals surface area (Å²) in [6.45, 7) is 10.9. The highest BCUT2D eigenvalue weighted by molar-refractivity contribution is 5.38. The van der Waals surface area contributed by atoms with Crippen LogP contribution in [0.3, 0.4) is 0 Å². The van der Waals surface area contributed by atoms with E-state index in [1.807, 2.05) is 6.20 Å². The number of hydrogen-bond donors (Lipinski definition) is 1. The lowest BCUT2D eigenvalue weighted by Gasteiger charge is -2.21. The van der Waals surface area contributed by atoms with E-state index in [-0.39, 0.29) is 5.54 Å². The largest absolute Gasteiger partial charge is 0.359 e. The van der Waals surface area contributed by atoms with E-state index in [0.29, 0.717) is 0 Å². The average Bonchev–Trinajstić information content (AvgIpc) is 3.02. The minimum Gasteiger partial charge on any atom is -0.359 e. The van der Waals surface area contributed by atoms with Gasteiger partial charge in [0.15, 0.2) is 0 Å². The standard InChI is InChI=1S/C16H27N3/c1-12-8-14(12)11-19(5)15-7-6-13(9-17-15)10-18-16(2,3)4/h6-7,9,12,14,18H,8,10-11H2,1-5H3. The van der Waals surface area contributed by atoms with Crippen molar-refractivity contribution in [1.82, 2.24) is 10.3 Å². The molecule has 1 aromatic heterocycles. The van der Waals surface area contributed by atoms with E-state index in [9.17, 15) is 0 Å². The molecule has 0 radical (unpaired) electrons. The third-order valence-corrected chi connectivity index (χ3v) is 3.81. The van der Waals surface area contributed by atoms with Crippen molar-refractivity contribution in [2.24, 2.45) is 11.8 Å². The van der Waals surface area contributed by atoms with Crippen LogP contribution in [0, 0.1) is 11.8 Å². The smallest absolute Gasteiger partial charge is 0.128 e. The molecule has 0 aromatic carbocycles. The Balaban J connectivity index is 1.87. The first-order valence-corrected chi connectivity index (χ1v) is 7.26. The molecule has 1 aromatic rings. The molecule has 0 aliphatic heterocycles. The fourth-order valence-corrected chi connectivity index (χ4v) is 2.21. The Morgan fingerprint density at radius 1 is 1.37 bits per heavy atom. The Hall–Kier alpha value is -1.09. The van der Waals surface area contributed by atoms with Gasteiger partial charge < -0.3 is 10.2 Å². The van der Waals surface area contributed by atoms with Gasteiger partial charge in [0.1, 0.15) is 5.82 Å². The monoisotopic (exact) mass is 261 g/mol. The molecular formula is C16H27N3. The molecule has 0 saturated heterocycles. The molecule has 19 heavy (non-hydrogen) atoms. The minimum atomic E-state index is 0.150. The van der Waals surface area contributed by atoms with Crippen LogP contribution in [0.4, 0.5) is 5.82 Å². The molecule has 0 bridgehead atoms. The van der Waals surface area contributed by atoms with Gasteiger partial charge in [-0.25, -0.2) is 4.98 Å². The summed E-state index contributed by atoms with van der Waals surface area (Å²) in [6.07, 6.45) is 3.36. The van der Waals surface area contributed by atoms with Crippen LogP contribution in [-0.2, 0) is 6.54 Å². The average molecular weight is 261 g/mol. The summed E-state index contributed by atoms with van der Waals surface area (Å²) in [6, 6.07) is 4.31. The first-order chi connectivity index (χ1) is 8.85. The van der Waals surface area contributed by atoms with Gasteiger partial charge in [-0.3, -0.25) is 0 Å². The van der Waals surface area contributed by atoms with Crippen LogP contribution in [0.1, 0.15) is 39.7 Å². The molecule has 0 spiro atoms. The van der Waals surface area contributed by atoms with Crippen LogP contribution in [0.15, 0.2) is 18.3 Å². The number of hydrogen-bond acceptors (Lipinski definition) is 3. The molecule has 2 unspecified atom stereocenters. The SMILES string of the molecule is CC1CC1CN(C)c1ccc(CNC(C)(C)C)cn1. The maximum absolute atomic E-state index is 4.57. The zero-order valence-corrected chi connectivity index (χ0v) is 12.9. The van der Waals surface area contributed by atoms with E-state index in [2.05, 4.69) is 62.1 Å². The van der Waals surface area contributed by atoms with E-state index in [4.69, 9.17) is 0 Å². The number of anilines is 1. The van der Waals surface area contributed by atoms with E-state index in [1.54, 1.807) is 0 Å². The van der Waals surface area contributed by atoms with E-state index >= 15 is 0 Å². The Labute approximate surface area is 117 Å². The van der Waals surface area contributed by atoms with Crippen molar-refractivity contribution in [3.8, 4) is 0 Å². The number of pyridine rings is 1. The second-order valence-electron chi connectivity index (χ2n) is 6.98. The molecule has 2 atom stereocenters. The lowest BCUT2D eigenvalue weighted by atomic mass is 10.1. The van der Waals surface area contributed by atoms with Crippen molar-refractivity contribution in [1.29, 1.82) is 0 Å². The minimum absolute atomic E-state index is 0.150. The van der Waals surface area contributed by atoms with Crippen molar-refractivity contribution < 1.29 is 0 Å². The first-order valence-electron chi connectivity index (χ1n) is 7.26. The number of aromatic nitrogens is 1. The first kappa shape index (κ1) is 14.3. The van der Waals surface area contributed by atoms with Gasteiger partial charge in [0.05, 0.1) is 0 Å². The Morgan fingerprint density at radius 2 is 2.05 bits per heavy atom. The van der Waals surface area contributed by atoms with Crippen molar-refractivity contribution in [2.75, 3.05) is 18.5 Å². The fraction of sp³-hybridized carbons (Fsp3) is 0.688. The molecule has 1 fully saturated rings. The Morgan fingerprint density at radius 3 is 2.53 bits per heavy atom. The maximum Gasteiger partial charge on any atom is 0.128 e. The van der Waals surface area contributed by atoms with Crippen molar-refractivity contribution in [3.63, 3.8) is 0 Å². The molecule has 1 saturated carbocycles. The fourth-order valence-electron chi connectivity index (χ4n) is 2.21. The third-order valence-electron chi connectivity index (χ3n) is 3.81. The molecule has 1 aliphatic rings. The van der Waals surface area contributed by atoms with Gasteiger partial charge >= 0.3 is 0 Å². The lowest BCUT2D eigenvalue weighted by molar-refractivity contribution is 0.424. The third kappa shape index (κ3) is 4.50. The van der Waals surface area contributed by atoms with E-state index in [1.165, 1.54) is 12.0 Å². The number of nitrogens with zero attached hydrogens (tertiary/aromatic N) is 2. The van der Waals surface area contributed by atoms with Crippen LogP contribution in [0.25, 0.3) is 0 Å². The Kier molecular flexibility index (Phi) is 4.14. The number of rotatable bonds is 5. The molecule has 3 nitrogen and oxygen atoms in total. The molecule has 0 amide bonds. The van der Waals surface area contributed by atoms with E-state index in [0.717, 1.165) is 30.7 Å². The highest BCUT2D eigenvalue weighted by Crippen LogP contribution is 2.38. The molecule has 1 heterocycles. The van der Waals surface area contributed by atoms with Crippen molar-refractivity contribution in [2.45, 2.75) is 46.2 Å². The van der Waals surface area contributed by atoms with Crippen molar-refractivity contribution in [3.05, 3.63) is 23.9 Å². The number of nitrogens with one attached hydrogen (secondary N) is 1. The molecule has 1 N–H and O–H groups in total. The molecule has 2 rings (SSSR count). The van der Waals surface area contributed by atoms with E-state index < -0.39 is 0 Å². The maximum atomic E-state index is 4.57. The van der Waals surface area contributed by atoms with Crippen LogP contribution in [0.5, 0.6) is 0 Å². The summed E-state index contributed by atoms with van der Waals surface area (Å²) < 4.78 is 0. The summed E-state index contributed by atoms with van der Waals surface area (Å²) in [7, 11) is 2.14. The van der Waals surface area contributed by atoms with Gasteiger partial charge in [0, 0.05) is 31.9 Å². The van der Waals surface area contributed by atoms with Crippen LogP contribution < -0.4 is 10.2 Å². The predicted molar refractivity (Wildman–Crippen MR) is 81.4 cm³/mol. The second kappa shape index (κ2) is 5.49. The highest BCUT2D eigenvalue weighted by Gasteiger charge is 2.33. The van der Waals surface area contributed by atoms with Gasteiger partial charge in [-0.1, -0.05) is 13.0 Å². The van der Waals surface area contributed by atoms with Gasteiger partial charge in [0.2, 0.25) is 0 Å². The summed E-state index contributed by atoms with van der Waals surface area (Å²) in [4.78, 5) is 6.84. The van der Waals surface area contributed by atoms with Gasteiger partial charge in [-0.05, 0) is 50.7 Å². The molecule has 106 valence electrons. The van der Waals surface area contributed by atoms with Crippen molar-refractivity contribution >= 4 is 5.82 Å². The summed E-state index contributed by atoms with van der Waals surface area (Å²) >= 11 is 0. The predicted octanol–water partition coefficient (Wildman–Crippen LogP) is 3.06. The summed E-state index contributed by atoms with van der Waals surface area (Å²) in [5.41, 5.74) is 1.39. The quantitative estimate of drug-likeness (QED) is 0.883. The zero-order chi connectivity index (χ0) is 14.0. The lowest BCUT2D eigenvalue weighted by Crippen LogP contribution is -2.35. The van der Waals surface area contributed by atoms with Gasteiger partial charge in [-0.2, -0.15) is 0 Å². The van der Waals surface area contributed by atoms with Gasteiger partial charge in [0.25, 0.3) is 0 Å². The van der Waals surface area contributed by atoms with Crippen LogP contribution in [-0.4, -0.2) is 24.1 Å². The van der Waals surface area contributed by atoms with Gasteiger partial charge in [-0.15, -0.1) is 0 Å². The summed E-state index contributed by atoms with van der Waals surface area (Å²) in [5.74, 6) is 2.85.